The smallest absolute Gasteiger partial charge is 0.318 e. The normalized spacial score (nSPS) is 18.5. The van der Waals surface area contributed by atoms with Crippen LogP contribution in [0.5, 0.6) is 0 Å². The quantitative estimate of drug-likeness (QED) is 0.700. The van der Waals surface area contributed by atoms with Crippen LogP contribution in [0.15, 0.2) is 0 Å². The molecule has 1 heterocycles. The van der Waals surface area contributed by atoms with Gasteiger partial charge in [0.2, 0.25) is 5.91 Å². The van der Waals surface area contributed by atoms with Gasteiger partial charge in [-0.2, -0.15) is 0 Å². The number of carboxylic acid groups (broad SMARTS) is 1. The maximum atomic E-state index is 11.9. The van der Waals surface area contributed by atoms with Crippen molar-refractivity contribution in [1.29, 1.82) is 0 Å². The molecule has 0 radical (unpaired) electrons. The third kappa shape index (κ3) is 5.04. The van der Waals surface area contributed by atoms with Gasteiger partial charge in [-0.1, -0.05) is 0 Å². The van der Waals surface area contributed by atoms with Crippen molar-refractivity contribution in [3.05, 3.63) is 0 Å². The number of carbonyl (C=O) groups excluding carboxylic acids is 2. The van der Waals surface area contributed by atoms with Gasteiger partial charge in [-0.3, -0.25) is 9.59 Å². The van der Waals surface area contributed by atoms with Gasteiger partial charge in [-0.15, -0.1) is 0 Å². The molecule has 1 fully saturated rings. The van der Waals surface area contributed by atoms with Crippen molar-refractivity contribution in [2.75, 3.05) is 39.8 Å². The van der Waals surface area contributed by atoms with E-state index in [4.69, 9.17) is 9.84 Å². The number of carbonyl (C=O) groups is 3. The highest BCUT2D eigenvalue weighted by Crippen LogP contribution is 2.08. The van der Waals surface area contributed by atoms with Crippen LogP contribution in [0.3, 0.4) is 0 Å². The van der Waals surface area contributed by atoms with Crippen molar-refractivity contribution < 1.29 is 24.2 Å². The predicted molar refractivity (Wildman–Crippen MR) is 70.3 cm³/mol. The van der Waals surface area contributed by atoms with Crippen LogP contribution in [0.4, 0.5) is 4.79 Å². The zero-order valence-electron chi connectivity index (χ0n) is 11.8. The number of likely N-dealkylation sites (N-methyl/N-ethyl adjacent to an activating group) is 1. The molecule has 0 bridgehead atoms. The third-order valence-corrected chi connectivity index (χ3v) is 3.12. The molecule has 114 valence electrons. The summed E-state index contributed by atoms with van der Waals surface area (Å²) in [5.41, 5.74) is 0. The maximum absolute atomic E-state index is 11.9. The number of nitrogens with one attached hydrogen (secondary N) is 1. The molecule has 1 saturated heterocycles. The highest BCUT2D eigenvalue weighted by atomic mass is 16.5. The number of ether oxygens (including phenoxy) is 1. The summed E-state index contributed by atoms with van der Waals surface area (Å²) in [6, 6.07) is -0.374. The fourth-order valence-electron chi connectivity index (χ4n) is 1.80. The second-order valence-electron chi connectivity index (χ2n) is 4.60. The van der Waals surface area contributed by atoms with E-state index in [0.717, 1.165) is 0 Å². The predicted octanol–water partition coefficient (Wildman–Crippen LogP) is -0.650. The first-order chi connectivity index (χ1) is 9.43. The molecule has 1 rings (SSSR count). The number of nitrogens with zero attached hydrogens (tertiary/aromatic N) is 2. The SMILES string of the molecule is CCN(C)C(=O)CNC(=O)N1CCOC(CC(=O)O)C1. The Balaban J connectivity index is 2.39. The minimum atomic E-state index is -0.961. The molecule has 8 heteroatoms. The standard InChI is InChI=1S/C12H21N3O5/c1-3-14(2)10(16)7-13-12(19)15-4-5-20-9(8-15)6-11(17)18/h9H,3-8H2,1-2H3,(H,13,19)(H,17,18). The van der Waals surface area contributed by atoms with Crippen LogP contribution in [0.2, 0.25) is 0 Å². The molecule has 1 aliphatic rings. The zero-order chi connectivity index (χ0) is 15.1. The van der Waals surface area contributed by atoms with Gasteiger partial charge in [0.15, 0.2) is 0 Å². The van der Waals surface area contributed by atoms with Crippen molar-refractivity contribution >= 4 is 17.9 Å². The van der Waals surface area contributed by atoms with Gasteiger partial charge in [0, 0.05) is 26.7 Å². The highest BCUT2D eigenvalue weighted by molar-refractivity contribution is 5.83. The number of rotatable bonds is 5. The summed E-state index contributed by atoms with van der Waals surface area (Å²) in [6.07, 6.45) is -0.637. The van der Waals surface area contributed by atoms with Crippen LogP contribution in [0, 0.1) is 0 Å². The number of hydrogen-bond donors (Lipinski definition) is 2. The Morgan fingerprint density at radius 1 is 1.45 bits per heavy atom. The minimum Gasteiger partial charge on any atom is -0.481 e. The average molecular weight is 287 g/mol. The Hall–Kier alpha value is -1.83. The summed E-state index contributed by atoms with van der Waals surface area (Å²) >= 11 is 0. The summed E-state index contributed by atoms with van der Waals surface area (Å²) in [6.45, 7) is 3.26. The van der Waals surface area contributed by atoms with E-state index in [9.17, 15) is 14.4 Å². The number of carboxylic acids is 1. The Bertz CT molecular complexity index is 374. The van der Waals surface area contributed by atoms with E-state index in [2.05, 4.69) is 5.32 Å². The molecule has 0 aromatic rings. The van der Waals surface area contributed by atoms with Gasteiger partial charge in [0.05, 0.1) is 25.7 Å². The molecule has 3 amide bonds. The first-order valence-corrected chi connectivity index (χ1v) is 6.54. The van der Waals surface area contributed by atoms with Crippen molar-refractivity contribution in [1.82, 2.24) is 15.1 Å². The van der Waals surface area contributed by atoms with Crippen molar-refractivity contribution in [3.8, 4) is 0 Å². The molecule has 1 atom stereocenters. The lowest BCUT2D eigenvalue weighted by atomic mass is 10.2. The molecule has 20 heavy (non-hydrogen) atoms. The number of hydrogen-bond acceptors (Lipinski definition) is 4. The van der Waals surface area contributed by atoms with E-state index in [0.29, 0.717) is 19.7 Å². The van der Waals surface area contributed by atoms with Crippen LogP contribution in [-0.2, 0) is 14.3 Å². The van der Waals surface area contributed by atoms with Gasteiger partial charge < -0.3 is 25.0 Å². The number of amides is 3. The van der Waals surface area contributed by atoms with Gasteiger partial charge in [0.25, 0.3) is 0 Å². The van der Waals surface area contributed by atoms with Crippen molar-refractivity contribution in [2.45, 2.75) is 19.4 Å². The van der Waals surface area contributed by atoms with Crippen molar-refractivity contribution in [2.24, 2.45) is 0 Å². The van der Waals surface area contributed by atoms with Crippen LogP contribution in [-0.4, -0.2) is 78.8 Å². The first kappa shape index (κ1) is 16.2. The number of aliphatic carboxylic acids is 1. The topological polar surface area (TPSA) is 99.2 Å². The first-order valence-electron chi connectivity index (χ1n) is 6.54. The monoisotopic (exact) mass is 287 g/mol. The lowest BCUT2D eigenvalue weighted by Gasteiger charge is -2.32. The summed E-state index contributed by atoms with van der Waals surface area (Å²) < 4.78 is 5.27. The van der Waals surface area contributed by atoms with Crippen LogP contribution in [0.25, 0.3) is 0 Å². The summed E-state index contributed by atoms with van der Waals surface area (Å²) in [5, 5.41) is 11.2. The average Bonchev–Trinajstić information content (AvgIpc) is 2.43. The second kappa shape index (κ2) is 7.68. The molecule has 2 N–H and O–H groups in total. The third-order valence-electron chi connectivity index (χ3n) is 3.12. The number of urea groups is 1. The molecule has 0 spiro atoms. The fraction of sp³-hybridized carbons (Fsp3) is 0.750. The Labute approximate surface area is 117 Å². The maximum Gasteiger partial charge on any atom is 0.318 e. The lowest BCUT2D eigenvalue weighted by molar-refractivity contribution is -0.141. The minimum absolute atomic E-state index is 0.0653. The molecule has 0 aliphatic carbocycles. The molecule has 0 aromatic carbocycles. The van der Waals surface area contributed by atoms with Gasteiger partial charge >= 0.3 is 12.0 Å². The lowest BCUT2D eigenvalue weighted by Crippen LogP contribution is -2.51. The zero-order valence-corrected chi connectivity index (χ0v) is 11.8. The van der Waals surface area contributed by atoms with E-state index < -0.39 is 12.1 Å². The van der Waals surface area contributed by atoms with E-state index in [1.165, 1.54) is 9.80 Å². The summed E-state index contributed by atoms with van der Waals surface area (Å²) in [7, 11) is 1.66. The second-order valence-corrected chi connectivity index (χ2v) is 4.60. The Morgan fingerprint density at radius 3 is 2.75 bits per heavy atom. The van der Waals surface area contributed by atoms with E-state index >= 15 is 0 Å². The summed E-state index contributed by atoms with van der Waals surface area (Å²) in [4.78, 5) is 37.0. The number of morpholine rings is 1. The molecule has 0 aromatic heterocycles. The molecular weight excluding hydrogens is 266 g/mol. The molecular formula is C12H21N3O5. The van der Waals surface area contributed by atoms with Crippen LogP contribution in [0.1, 0.15) is 13.3 Å². The van der Waals surface area contributed by atoms with Crippen molar-refractivity contribution in [3.63, 3.8) is 0 Å². The fourth-order valence-corrected chi connectivity index (χ4v) is 1.80. The molecule has 8 nitrogen and oxygen atoms in total. The van der Waals surface area contributed by atoms with Gasteiger partial charge in [0.1, 0.15) is 0 Å². The van der Waals surface area contributed by atoms with Crippen LogP contribution >= 0.6 is 0 Å². The molecule has 1 unspecified atom stereocenters. The Morgan fingerprint density at radius 2 is 2.15 bits per heavy atom. The van der Waals surface area contributed by atoms with E-state index in [1.807, 2.05) is 6.92 Å². The summed E-state index contributed by atoms with van der Waals surface area (Å²) in [5.74, 6) is -1.13. The Kier molecular flexibility index (Phi) is 6.23. The van der Waals surface area contributed by atoms with Gasteiger partial charge in [-0.05, 0) is 6.92 Å². The van der Waals surface area contributed by atoms with E-state index in [-0.39, 0.29) is 31.4 Å². The largest absolute Gasteiger partial charge is 0.481 e. The van der Waals surface area contributed by atoms with Crippen LogP contribution < -0.4 is 5.32 Å². The van der Waals surface area contributed by atoms with E-state index in [1.54, 1.807) is 7.05 Å². The van der Waals surface area contributed by atoms with Gasteiger partial charge in [-0.25, -0.2) is 4.79 Å². The molecule has 1 aliphatic heterocycles. The molecule has 0 saturated carbocycles. The highest BCUT2D eigenvalue weighted by Gasteiger charge is 2.26.